The second kappa shape index (κ2) is 9.07. The maximum Gasteiger partial charge on any atom is 0.279 e. The molecule has 7 nitrogen and oxygen atoms in total. The number of hydrogen-bond donors (Lipinski definition) is 1. The van der Waals surface area contributed by atoms with Crippen molar-refractivity contribution in [2.45, 2.75) is 39.3 Å². The fourth-order valence-electron chi connectivity index (χ4n) is 4.07. The minimum absolute atomic E-state index is 0.0578. The van der Waals surface area contributed by atoms with Crippen molar-refractivity contribution in [2.75, 3.05) is 0 Å². The first-order valence-corrected chi connectivity index (χ1v) is 11.6. The maximum absolute atomic E-state index is 12.3. The van der Waals surface area contributed by atoms with E-state index in [0.717, 1.165) is 24.2 Å². The lowest BCUT2D eigenvalue weighted by molar-refractivity contribution is 0.0951. The van der Waals surface area contributed by atoms with Gasteiger partial charge in [0.05, 0.1) is 18.9 Å². The Kier molecular flexibility index (Phi) is 5.83. The molecule has 1 aliphatic rings. The second-order valence-corrected chi connectivity index (χ2v) is 8.97. The molecule has 0 aliphatic carbocycles. The van der Waals surface area contributed by atoms with Gasteiger partial charge in [0.15, 0.2) is 5.76 Å². The van der Waals surface area contributed by atoms with Gasteiger partial charge in [-0.1, -0.05) is 34.7 Å². The van der Waals surface area contributed by atoms with Gasteiger partial charge in [-0.3, -0.25) is 4.79 Å². The zero-order valence-corrected chi connectivity index (χ0v) is 19.1. The van der Waals surface area contributed by atoms with Gasteiger partial charge in [0.1, 0.15) is 22.5 Å². The molecule has 33 heavy (non-hydrogen) atoms. The van der Waals surface area contributed by atoms with Gasteiger partial charge in [0.2, 0.25) is 0 Å². The third-order valence-electron chi connectivity index (χ3n) is 5.67. The average Bonchev–Trinajstić information content (AvgIpc) is 3.50. The first-order chi connectivity index (χ1) is 16.1. The van der Waals surface area contributed by atoms with Gasteiger partial charge in [-0.05, 0) is 67.1 Å². The summed E-state index contributed by atoms with van der Waals surface area (Å²) in [6, 6.07) is 13.9. The predicted molar refractivity (Wildman–Crippen MR) is 124 cm³/mol. The van der Waals surface area contributed by atoms with Gasteiger partial charge < -0.3 is 19.3 Å². The molecule has 2 aromatic carbocycles. The minimum atomic E-state index is -0.241. The highest BCUT2D eigenvalue weighted by molar-refractivity contribution is 7.15. The normalized spacial score (nSPS) is 14.9. The highest BCUT2D eigenvalue weighted by Gasteiger charge is 2.24. The summed E-state index contributed by atoms with van der Waals surface area (Å²) in [5.74, 6) is 1.90. The van der Waals surface area contributed by atoms with E-state index in [-0.39, 0.29) is 18.6 Å². The van der Waals surface area contributed by atoms with E-state index in [2.05, 4.69) is 47.5 Å². The summed E-state index contributed by atoms with van der Waals surface area (Å²) in [5, 5.41) is 6.79. The summed E-state index contributed by atoms with van der Waals surface area (Å²) in [7, 11) is 0. The van der Waals surface area contributed by atoms with Crippen LogP contribution in [0.15, 0.2) is 59.4 Å². The number of nitrogens with zero attached hydrogens (tertiary/aromatic N) is 2. The van der Waals surface area contributed by atoms with Gasteiger partial charge in [0, 0.05) is 6.07 Å². The number of ether oxygens (including phenoxy) is 2. The van der Waals surface area contributed by atoms with Crippen LogP contribution in [0.1, 0.15) is 50.2 Å². The molecular formula is C25H23N3O4S. The molecular weight excluding hydrogens is 438 g/mol. The van der Waals surface area contributed by atoms with E-state index in [0.29, 0.717) is 21.6 Å². The zero-order chi connectivity index (χ0) is 22.8. The smallest absolute Gasteiger partial charge is 0.279 e. The van der Waals surface area contributed by atoms with Crippen molar-refractivity contribution in [1.82, 2.24) is 15.5 Å². The van der Waals surface area contributed by atoms with Crippen molar-refractivity contribution in [3.8, 4) is 16.7 Å². The van der Waals surface area contributed by atoms with Crippen molar-refractivity contribution in [1.29, 1.82) is 0 Å². The summed E-state index contributed by atoms with van der Waals surface area (Å²) < 4.78 is 17.2. The van der Waals surface area contributed by atoms with E-state index in [1.165, 1.54) is 40.4 Å². The molecule has 0 saturated heterocycles. The van der Waals surface area contributed by atoms with Crippen molar-refractivity contribution >= 4 is 17.2 Å². The van der Waals surface area contributed by atoms with Crippen LogP contribution in [0.2, 0.25) is 0 Å². The SMILES string of the molecule is Cc1cccc(C)c1C1CCc2cc(Oc3ncc(C(=O)NCc4ccno4)s3)ccc2O1. The molecule has 0 bridgehead atoms. The summed E-state index contributed by atoms with van der Waals surface area (Å²) in [6.07, 6.45) is 4.91. The van der Waals surface area contributed by atoms with Crippen molar-refractivity contribution in [3.63, 3.8) is 0 Å². The minimum Gasteiger partial charge on any atom is -0.485 e. The lowest BCUT2D eigenvalue weighted by Crippen LogP contribution is -2.21. The molecule has 1 amide bonds. The summed E-state index contributed by atoms with van der Waals surface area (Å²) in [4.78, 5) is 17.0. The number of fused-ring (bicyclic) bond motifs is 1. The molecule has 0 spiro atoms. The molecule has 8 heteroatoms. The van der Waals surface area contributed by atoms with E-state index in [1.54, 1.807) is 6.07 Å². The topological polar surface area (TPSA) is 86.5 Å². The number of carbonyl (C=O) groups excluding carboxylic acids is 1. The molecule has 1 aliphatic heterocycles. The molecule has 1 atom stereocenters. The fraction of sp³-hybridized carbons (Fsp3) is 0.240. The summed E-state index contributed by atoms with van der Waals surface area (Å²) in [5.41, 5.74) is 4.90. The largest absolute Gasteiger partial charge is 0.485 e. The Bertz CT molecular complexity index is 1260. The van der Waals surface area contributed by atoms with Crippen LogP contribution in [0.3, 0.4) is 0 Å². The van der Waals surface area contributed by atoms with Gasteiger partial charge in [-0.25, -0.2) is 4.98 Å². The lowest BCUT2D eigenvalue weighted by atomic mass is 9.92. The van der Waals surface area contributed by atoms with Crippen LogP contribution in [-0.4, -0.2) is 16.0 Å². The van der Waals surface area contributed by atoms with Crippen LogP contribution in [0.4, 0.5) is 0 Å². The number of aryl methyl sites for hydroxylation is 3. The first kappa shape index (κ1) is 21.2. The van der Waals surface area contributed by atoms with Crippen LogP contribution < -0.4 is 14.8 Å². The quantitative estimate of drug-likeness (QED) is 0.406. The molecule has 0 saturated carbocycles. The molecule has 5 rings (SSSR count). The Morgan fingerprint density at radius 3 is 2.85 bits per heavy atom. The summed E-state index contributed by atoms with van der Waals surface area (Å²) >= 11 is 1.19. The van der Waals surface area contributed by atoms with Crippen LogP contribution in [0, 0.1) is 13.8 Å². The van der Waals surface area contributed by atoms with Crippen molar-refractivity contribution < 1.29 is 18.8 Å². The van der Waals surface area contributed by atoms with Gasteiger partial charge >= 0.3 is 0 Å². The standard InChI is InChI=1S/C25H23N3O4S/c1-15-4-3-5-16(2)23(15)21-8-6-17-12-18(7-9-20(17)31-21)30-25-27-14-22(33-25)24(29)26-13-19-10-11-28-32-19/h3-5,7,9-12,14,21H,6,8,13H2,1-2H3,(H,26,29). The van der Waals surface area contributed by atoms with E-state index in [1.807, 2.05) is 18.2 Å². The number of rotatable bonds is 6. The molecule has 1 unspecified atom stereocenters. The van der Waals surface area contributed by atoms with E-state index in [9.17, 15) is 4.79 Å². The third-order valence-corrected chi connectivity index (χ3v) is 6.54. The van der Waals surface area contributed by atoms with Crippen LogP contribution in [0.25, 0.3) is 0 Å². The first-order valence-electron chi connectivity index (χ1n) is 10.7. The molecule has 0 radical (unpaired) electrons. The van der Waals surface area contributed by atoms with E-state index < -0.39 is 0 Å². The average molecular weight is 462 g/mol. The van der Waals surface area contributed by atoms with Crippen molar-refractivity contribution in [3.05, 3.63) is 87.7 Å². The van der Waals surface area contributed by atoms with Crippen molar-refractivity contribution in [2.24, 2.45) is 0 Å². The number of carbonyl (C=O) groups is 1. The maximum atomic E-state index is 12.3. The second-order valence-electron chi connectivity index (χ2n) is 7.97. The Labute approximate surface area is 195 Å². The van der Waals surface area contributed by atoms with Gasteiger partial charge in [-0.2, -0.15) is 0 Å². The number of benzene rings is 2. The number of hydrogen-bond acceptors (Lipinski definition) is 7. The summed E-state index contributed by atoms with van der Waals surface area (Å²) in [6.45, 7) is 4.53. The van der Waals surface area contributed by atoms with Crippen LogP contribution in [0.5, 0.6) is 16.7 Å². The van der Waals surface area contributed by atoms with E-state index in [4.69, 9.17) is 14.0 Å². The molecule has 168 valence electrons. The fourth-order valence-corrected chi connectivity index (χ4v) is 4.77. The highest BCUT2D eigenvalue weighted by atomic mass is 32.1. The molecule has 2 aromatic heterocycles. The molecule has 0 fully saturated rings. The number of aromatic nitrogens is 2. The Hall–Kier alpha value is -3.65. The lowest BCUT2D eigenvalue weighted by Gasteiger charge is -2.28. The zero-order valence-electron chi connectivity index (χ0n) is 18.3. The predicted octanol–water partition coefficient (Wildman–Crippen LogP) is 5.54. The monoisotopic (exact) mass is 461 g/mol. The van der Waals surface area contributed by atoms with Crippen LogP contribution in [-0.2, 0) is 13.0 Å². The third kappa shape index (κ3) is 4.61. The number of amides is 1. The Morgan fingerprint density at radius 1 is 1.21 bits per heavy atom. The van der Waals surface area contributed by atoms with Gasteiger partial charge in [0.25, 0.3) is 11.1 Å². The highest BCUT2D eigenvalue weighted by Crippen LogP contribution is 2.39. The van der Waals surface area contributed by atoms with E-state index >= 15 is 0 Å². The van der Waals surface area contributed by atoms with Gasteiger partial charge in [-0.15, -0.1) is 0 Å². The Balaban J connectivity index is 1.24. The molecule has 4 aromatic rings. The molecule has 1 N–H and O–H groups in total. The Morgan fingerprint density at radius 2 is 2.06 bits per heavy atom. The number of nitrogens with one attached hydrogen (secondary N) is 1. The van der Waals surface area contributed by atoms with Crippen LogP contribution >= 0.6 is 11.3 Å². The number of thiazole rings is 1. The molecule has 3 heterocycles.